The quantitative estimate of drug-likeness (QED) is 0.501. The van der Waals surface area contributed by atoms with Crippen LogP contribution in [-0.4, -0.2) is 30.1 Å². The lowest BCUT2D eigenvalue weighted by Gasteiger charge is -2.10. The summed E-state index contributed by atoms with van der Waals surface area (Å²) in [6.07, 6.45) is 0. The maximum Gasteiger partial charge on any atom is 0.176 e. The third-order valence-corrected chi connectivity index (χ3v) is 2.38. The van der Waals surface area contributed by atoms with Crippen LogP contribution in [0.4, 0.5) is 5.69 Å². The molecule has 1 unspecified atom stereocenters. The van der Waals surface area contributed by atoms with Gasteiger partial charge in [-0.2, -0.15) is 5.26 Å². The van der Waals surface area contributed by atoms with Gasteiger partial charge in [0.2, 0.25) is 0 Å². The maximum absolute atomic E-state index is 11.8. The van der Waals surface area contributed by atoms with E-state index < -0.39 is 0 Å². The van der Waals surface area contributed by atoms with Crippen molar-refractivity contribution in [3.05, 3.63) is 29.3 Å². The van der Waals surface area contributed by atoms with Crippen molar-refractivity contribution in [3.63, 3.8) is 0 Å². The summed E-state index contributed by atoms with van der Waals surface area (Å²) >= 11 is 0. The van der Waals surface area contributed by atoms with Gasteiger partial charge in [0, 0.05) is 17.3 Å². The fourth-order valence-electron chi connectivity index (χ4n) is 1.26. The first-order valence-electron chi connectivity index (χ1n) is 5.25. The van der Waals surface area contributed by atoms with E-state index in [-0.39, 0.29) is 25.0 Å². The minimum Gasteiger partial charge on any atom is -0.398 e. The van der Waals surface area contributed by atoms with Gasteiger partial charge in [0.05, 0.1) is 18.7 Å². The Morgan fingerprint density at radius 3 is 2.94 bits per heavy atom. The molecule has 0 aliphatic heterocycles. The van der Waals surface area contributed by atoms with Crippen molar-refractivity contribution >= 4 is 11.5 Å². The minimum absolute atomic E-state index is 0.0293. The monoisotopic (exact) mass is 233 g/mol. The number of nitrogen functional groups attached to an aromatic ring is 1. The van der Waals surface area contributed by atoms with Crippen molar-refractivity contribution in [2.24, 2.45) is 0 Å². The van der Waals surface area contributed by atoms with Crippen molar-refractivity contribution in [2.45, 2.75) is 13.0 Å². The van der Waals surface area contributed by atoms with Gasteiger partial charge < -0.3 is 16.2 Å². The van der Waals surface area contributed by atoms with Gasteiger partial charge in [0.15, 0.2) is 5.78 Å². The van der Waals surface area contributed by atoms with Crippen LogP contribution in [0, 0.1) is 11.3 Å². The van der Waals surface area contributed by atoms with E-state index >= 15 is 0 Å². The van der Waals surface area contributed by atoms with Crippen LogP contribution in [-0.2, 0) is 0 Å². The summed E-state index contributed by atoms with van der Waals surface area (Å²) in [7, 11) is 0. The van der Waals surface area contributed by atoms with Crippen LogP contribution in [0.1, 0.15) is 22.8 Å². The highest BCUT2D eigenvalue weighted by Crippen LogP contribution is 2.13. The van der Waals surface area contributed by atoms with E-state index in [1.807, 2.05) is 6.07 Å². The molecule has 0 aliphatic rings. The largest absolute Gasteiger partial charge is 0.398 e. The molecule has 0 radical (unpaired) electrons. The molecule has 1 atom stereocenters. The highest BCUT2D eigenvalue weighted by Gasteiger charge is 2.09. The highest BCUT2D eigenvalue weighted by molar-refractivity contribution is 5.98. The zero-order valence-electron chi connectivity index (χ0n) is 9.60. The van der Waals surface area contributed by atoms with E-state index in [0.717, 1.165) is 0 Å². The number of nitriles is 1. The maximum atomic E-state index is 11.8. The number of hydrogen-bond donors (Lipinski definition) is 3. The third-order valence-electron chi connectivity index (χ3n) is 2.38. The Morgan fingerprint density at radius 1 is 1.65 bits per heavy atom. The van der Waals surface area contributed by atoms with Gasteiger partial charge >= 0.3 is 0 Å². The van der Waals surface area contributed by atoms with Crippen molar-refractivity contribution in [1.29, 1.82) is 5.26 Å². The van der Waals surface area contributed by atoms with Crippen molar-refractivity contribution in [2.75, 3.05) is 18.9 Å². The Bertz CT molecular complexity index is 452. The smallest absolute Gasteiger partial charge is 0.176 e. The number of benzene rings is 1. The molecule has 1 aromatic carbocycles. The Kier molecular flexibility index (Phi) is 4.64. The van der Waals surface area contributed by atoms with E-state index in [0.29, 0.717) is 16.8 Å². The molecule has 4 N–H and O–H groups in total. The molecular weight excluding hydrogens is 218 g/mol. The number of Topliss-reactive ketones (excluding diaryl/α,β-unsaturated/α-hetero) is 1. The van der Waals surface area contributed by atoms with Crippen LogP contribution in [0.2, 0.25) is 0 Å². The zero-order valence-corrected chi connectivity index (χ0v) is 9.60. The second kappa shape index (κ2) is 5.99. The zero-order chi connectivity index (χ0) is 12.8. The summed E-state index contributed by atoms with van der Waals surface area (Å²) < 4.78 is 0. The molecule has 0 amide bonds. The highest BCUT2D eigenvalue weighted by atomic mass is 16.3. The molecule has 0 aliphatic carbocycles. The standard InChI is InChI=1S/C12H15N3O2/c1-8(7-16)15-6-12(17)9-2-3-11(14)10(4-9)5-13/h2-4,8,15-16H,6-7,14H2,1H3. The number of aliphatic hydroxyl groups is 1. The molecule has 0 saturated carbocycles. The van der Waals surface area contributed by atoms with Gasteiger partial charge in [-0.3, -0.25) is 4.79 Å². The first-order valence-corrected chi connectivity index (χ1v) is 5.25. The number of rotatable bonds is 5. The van der Waals surface area contributed by atoms with Crippen LogP contribution >= 0.6 is 0 Å². The second-order valence-electron chi connectivity index (χ2n) is 3.80. The lowest BCUT2D eigenvalue weighted by Crippen LogP contribution is -2.33. The fraction of sp³-hybridized carbons (Fsp3) is 0.333. The van der Waals surface area contributed by atoms with Crippen molar-refractivity contribution in [3.8, 4) is 6.07 Å². The first-order chi connectivity index (χ1) is 8.08. The van der Waals surface area contributed by atoms with Gasteiger partial charge in [-0.15, -0.1) is 0 Å². The number of carbonyl (C=O) groups excluding carboxylic acids is 1. The Labute approximate surface area is 99.9 Å². The summed E-state index contributed by atoms with van der Waals surface area (Å²) in [5.74, 6) is -0.137. The van der Waals surface area contributed by atoms with E-state index in [9.17, 15) is 4.79 Å². The van der Waals surface area contributed by atoms with Crippen LogP contribution in [0.25, 0.3) is 0 Å². The molecule has 0 saturated heterocycles. The molecule has 0 fully saturated rings. The van der Waals surface area contributed by atoms with E-state index in [1.165, 1.54) is 6.07 Å². The van der Waals surface area contributed by atoms with Crippen LogP contribution in [0.5, 0.6) is 0 Å². The number of nitrogens with zero attached hydrogens (tertiary/aromatic N) is 1. The molecule has 1 aromatic rings. The number of anilines is 1. The van der Waals surface area contributed by atoms with Crippen LogP contribution in [0.15, 0.2) is 18.2 Å². The third kappa shape index (κ3) is 3.55. The lowest BCUT2D eigenvalue weighted by atomic mass is 10.1. The van der Waals surface area contributed by atoms with Crippen molar-refractivity contribution < 1.29 is 9.90 Å². The Morgan fingerprint density at radius 2 is 2.35 bits per heavy atom. The van der Waals surface area contributed by atoms with Gasteiger partial charge in [0.1, 0.15) is 6.07 Å². The van der Waals surface area contributed by atoms with Gasteiger partial charge in [0.25, 0.3) is 0 Å². The molecule has 0 heterocycles. The molecule has 1 rings (SSSR count). The normalized spacial score (nSPS) is 11.8. The summed E-state index contributed by atoms with van der Waals surface area (Å²) in [5, 5.41) is 20.5. The molecule has 5 nitrogen and oxygen atoms in total. The van der Waals surface area contributed by atoms with E-state index in [2.05, 4.69) is 5.32 Å². The minimum atomic E-state index is -0.137. The molecule has 5 heteroatoms. The topological polar surface area (TPSA) is 99.1 Å². The summed E-state index contributed by atoms with van der Waals surface area (Å²) in [5.41, 5.74) is 6.66. The van der Waals surface area contributed by atoms with E-state index in [1.54, 1.807) is 19.1 Å². The summed E-state index contributed by atoms with van der Waals surface area (Å²) in [6, 6.07) is 6.40. The number of aliphatic hydroxyl groups excluding tert-OH is 1. The SMILES string of the molecule is CC(CO)NCC(=O)c1ccc(N)c(C#N)c1. The average Bonchev–Trinajstić information content (AvgIpc) is 2.35. The van der Waals surface area contributed by atoms with Crippen LogP contribution in [0.3, 0.4) is 0 Å². The average molecular weight is 233 g/mol. The fourth-order valence-corrected chi connectivity index (χ4v) is 1.26. The second-order valence-corrected chi connectivity index (χ2v) is 3.80. The predicted molar refractivity (Wildman–Crippen MR) is 64.5 cm³/mol. The molecule has 0 aromatic heterocycles. The van der Waals surface area contributed by atoms with Crippen LogP contribution < -0.4 is 11.1 Å². The summed E-state index contributed by atoms with van der Waals surface area (Å²) in [6.45, 7) is 1.87. The predicted octanol–water partition coefficient (Wildman–Crippen LogP) is 0.294. The molecule has 90 valence electrons. The first kappa shape index (κ1) is 13.2. The lowest BCUT2D eigenvalue weighted by molar-refractivity contribution is 0.0984. The number of carbonyl (C=O) groups is 1. The Balaban J connectivity index is 2.73. The number of nitrogens with one attached hydrogen (secondary N) is 1. The summed E-state index contributed by atoms with van der Waals surface area (Å²) in [4.78, 5) is 11.8. The molecular formula is C12H15N3O2. The molecule has 0 spiro atoms. The van der Waals surface area contributed by atoms with Gasteiger partial charge in [-0.25, -0.2) is 0 Å². The molecule has 17 heavy (non-hydrogen) atoms. The van der Waals surface area contributed by atoms with Crippen molar-refractivity contribution in [1.82, 2.24) is 5.32 Å². The van der Waals surface area contributed by atoms with Gasteiger partial charge in [-0.1, -0.05) is 0 Å². The number of hydrogen-bond acceptors (Lipinski definition) is 5. The van der Waals surface area contributed by atoms with E-state index in [4.69, 9.17) is 16.1 Å². The number of ketones is 1. The Hall–Kier alpha value is -1.90. The van der Waals surface area contributed by atoms with Gasteiger partial charge in [-0.05, 0) is 25.1 Å². The molecule has 0 bridgehead atoms. The number of nitrogens with two attached hydrogens (primary N) is 1.